The molecule has 0 atom stereocenters. The maximum atomic E-state index is 5.44. The Morgan fingerprint density at radius 2 is 2.15 bits per heavy atom. The second-order valence-corrected chi connectivity index (χ2v) is 8.16. The number of piperazine rings is 1. The zero-order valence-corrected chi connectivity index (χ0v) is 14.5. The van der Waals surface area contributed by atoms with Crippen molar-refractivity contribution in [2.75, 3.05) is 26.2 Å². The zero-order valence-electron chi connectivity index (χ0n) is 11.5. The van der Waals surface area contributed by atoms with Gasteiger partial charge in [-0.2, -0.15) is 4.98 Å². The van der Waals surface area contributed by atoms with Crippen LogP contribution in [0.15, 0.2) is 16.0 Å². The van der Waals surface area contributed by atoms with Crippen LogP contribution >= 0.6 is 33.9 Å². The molecule has 5 nitrogen and oxygen atoms in total. The minimum absolute atomic E-state index is 0.201. The van der Waals surface area contributed by atoms with Crippen molar-refractivity contribution < 1.29 is 4.52 Å². The number of hydrogen-bond acceptors (Lipinski definition) is 6. The van der Waals surface area contributed by atoms with Gasteiger partial charge in [0.05, 0.1) is 14.0 Å². The third-order valence-electron chi connectivity index (χ3n) is 3.70. The molecule has 0 unspecified atom stereocenters. The van der Waals surface area contributed by atoms with Crippen molar-refractivity contribution in [3.8, 4) is 11.5 Å². The molecule has 20 heavy (non-hydrogen) atoms. The molecule has 0 aromatic carbocycles. The SMILES string of the molecule is CC(C)(c1noc(-c2csc(I)c2)n1)N1CCNCC1. The lowest BCUT2D eigenvalue weighted by atomic mass is 10.0. The number of nitrogens with one attached hydrogen (secondary N) is 1. The van der Waals surface area contributed by atoms with Crippen LogP contribution in [0.2, 0.25) is 0 Å². The molecule has 0 saturated carbocycles. The average molecular weight is 404 g/mol. The molecule has 7 heteroatoms. The minimum Gasteiger partial charge on any atom is -0.334 e. The Balaban J connectivity index is 1.85. The van der Waals surface area contributed by atoms with Gasteiger partial charge in [-0.1, -0.05) is 5.16 Å². The third kappa shape index (κ3) is 2.76. The lowest BCUT2D eigenvalue weighted by Crippen LogP contribution is -2.52. The second-order valence-electron chi connectivity index (χ2n) is 5.36. The molecule has 0 spiro atoms. The number of aromatic nitrogens is 2. The fraction of sp³-hybridized carbons (Fsp3) is 0.538. The molecule has 1 saturated heterocycles. The van der Waals surface area contributed by atoms with Crippen molar-refractivity contribution in [3.05, 3.63) is 20.2 Å². The Hall–Kier alpha value is -0.510. The lowest BCUT2D eigenvalue weighted by molar-refractivity contribution is 0.0925. The molecule has 3 rings (SSSR count). The predicted molar refractivity (Wildman–Crippen MR) is 87.8 cm³/mol. The summed E-state index contributed by atoms with van der Waals surface area (Å²) in [6, 6.07) is 2.07. The van der Waals surface area contributed by atoms with E-state index >= 15 is 0 Å². The van der Waals surface area contributed by atoms with E-state index in [2.05, 4.69) is 68.2 Å². The maximum absolute atomic E-state index is 5.44. The van der Waals surface area contributed by atoms with E-state index in [1.165, 1.54) is 2.88 Å². The second kappa shape index (κ2) is 5.70. The van der Waals surface area contributed by atoms with Gasteiger partial charge in [0.1, 0.15) is 0 Å². The van der Waals surface area contributed by atoms with Crippen LogP contribution in [0.1, 0.15) is 19.7 Å². The number of nitrogens with zero attached hydrogens (tertiary/aromatic N) is 3. The van der Waals surface area contributed by atoms with Gasteiger partial charge in [0.25, 0.3) is 5.89 Å². The van der Waals surface area contributed by atoms with Crippen molar-refractivity contribution in [3.63, 3.8) is 0 Å². The summed E-state index contributed by atoms with van der Waals surface area (Å²) >= 11 is 3.98. The van der Waals surface area contributed by atoms with Gasteiger partial charge in [0.2, 0.25) is 0 Å². The van der Waals surface area contributed by atoms with Crippen molar-refractivity contribution in [1.29, 1.82) is 0 Å². The molecule has 2 aromatic rings. The van der Waals surface area contributed by atoms with Gasteiger partial charge in [0, 0.05) is 31.6 Å². The van der Waals surface area contributed by atoms with E-state index in [0.717, 1.165) is 37.6 Å². The summed E-state index contributed by atoms with van der Waals surface area (Å²) in [5.41, 5.74) is 0.807. The molecule has 0 radical (unpaired) electrons. The molecule has 108 valence electrons. The smallest absolute Gasteiger partial charge is 0.258 e. The Labute approximate surface area is 135 Å². The summed E-state index contributed by atoms with van der Waals surface area (Å²) in [5.74, 6) is 1.37. The number of thiophene rings is 1. The van der Waals surface area contributed by atoms with E-state index < -0.39 is 0 Å². The highest BCUT2D eigenvalue weighted by molar-refractivity contribution is 14.1. The Morgan fingerprint density at radius 1 is 1.40 bits per heavy atom. The minimum atomic E-state index is -0.201. The molecule has 0 aliphatic carbocycles. The summed E-state index contributed by atoms with van der Waals surface area (Å²) in [7, 11) is 0. The van der Waals surface area contributed by atoms with Gasteiger partial charge in [0.15, 0.2) is 5.82 Å². The van der Waals surface area contributed by atoms with Crippen LogP contribution in [0, 0.1) is 2.88 Å². The van der Waals surface area contributed by atoms with Gasteiger partial charge < -0.3 is 9.84 Å². The molecule has 1 fully saturated rings. The van der Waals surface area contributed by atoms with Crippen LogP contribution in [0.3, 0.4) is 0 Å². The van der Waals surface area contributed by atoms with Crippen molar-refractivity contribution in [2.45, 2.75) is 19.4 Å². The summed E-state index contributed by atoms with van der Waals surface area (Å²) in [5, 5.41) is 9.62. The number of hydrogen-bond donors (Lipinski definition) is 1. The molecule has 0 bridgehead atoms. The summed E-state index contributed by atoms with van der Waals surface area (Å²) in [6.07, 6.45) is 0. The topological polar surface area (TPSA) is 54.2 Å². The fourth-order valence-electron chi connectivity index (χ4n) is 2.38. The van der Waals surface area contributed by atoms with E-state index in [0.29, 0.717) is 5.89 Å². The van der Waals surface area contributed by atoms with E-state index in [9.17, 15) is 0 Å². The van der Waals surface area contributed by atoms with Crippen LogP contribution in [-0.4, -0.2) is 41.2 Å². The normalized spacial score (nSPS) is 17.6. The molecule has 3 heterocycles. The molecule has 0 amide bonds. The largest absolute Gasteiger partial charge is 0.334 e. The summed E-state index contributed by atoms with van der Waals surface area (Å²) in [4.78, 5) is 7.00. The number of rotatable bonds is 3. The fourth-order valence-corrected chi connectivity index (χ4v) is 3.70. The van der Waals surface area contributed by atoms with Gasteiger partial charge >= 0.3 is 0 Å². The van der Waals surface area contributed by atoms with Crippen LogP contribution in [0.25, 0.3) is 11.5 Å². The lowest BCUT2D eigenvalue weighted by Gasteiger charge is -2.38. The molecule has 1 aliphatic rings. The van der Waals surface area contributed by atoms with E-state index in [-0.39, 0.29) is 5.54 Å². The standard InChI is InChI=1S/C13H17IN4OS/c1-13(2,18-5-3-15-4-6-18)12-16-11(19-17-12)9-7-10(14)20-8-9/h7-8,15H,3-6H2,1-2H3. The van der Waals surface area contributed by atoms with Crippen LogP contribution in [0.4, 0.5) is 0 Å². The van der Waals surface area contributed by atoms with Crippen molar-refractivity contribution in [2.24, 2.45) is 0 Å². The van der Waals surface area contributed by atoms with E-state index in [1.54, 1.807) is 11.3 Å². The highest BCUT2D eigenvalue weighted by Gasteiger charge is 2.34. The van der Waals surface area contributed by atoms with Crippen LogP contribution in [-0.2, 0) is 5.54 Å². The Bertz CT molecular complexity index is 589. The first-order valence-corrected chi connectivity index (χ1v) is 8.57. The van der Waals surface area contributed by atoms with Crippen LogP contribution < -0.4 is 5.32 Å². The predicted octanol–water partition coefficient (Wildman–Crippen LogP) is 2.54. The van der Waals surface area contributed by atoms with Crippen LogP contribution in [0.5, 0.6) is 0 Å². The highest BCUT2D eigenvalue weighted by Crippen LogP contribution is 2.30. The van der Waals surface area contributed by atoms with Gasteiger partial charge in [-0.25, -0.2) is 0 Å². The third-order valence-corrected chi connectivity index (χ3v) is 5.48. The van der Waals surface area contributed by atoms with Gasteiger partial charge in [-0.05, 0) is 42.5 Å². The molecular weight excluding hydrogens is 387 g/mol. The first kappa shape index (κ1) is 14.4. The molecule has 1 N–H and O–H groups in total. The van der Waals surface area contributed by atoms with E-state index in [1.807, 2.05) is 0 Å². The first-order valence-electron chi connectivity index (χ1n) is 6.62. The average Bonchev–Trinajstić information content (AvgIpc) is 3.08. The monoisotopic (exact) mass is 404 g/mol. The number of halogens is 1. The maximum Gasteiger partial charge on any atom is 0.258 e. The first-order chi connectivity index (χ1) is 9.57. The molecule has 2 aromatic heterocycles. The molecule has 1 aliphatic heterocycles. The highest BCUT2D eigenvalue weighted by atomic mass is 127. The van der Waals surface area contributed by atoms with Crippen molar-refractivity contribution in [1.82, 2.24) is 20.4 Å². The van der Waals surface area contributed by atoms with Crippen molar-refractivity contribution >= 4 is 33.9 Å². The quantitative estimate of drug-likeness (QED) is 0.798. The molecular formula is C13H17IN4OS. The van der Waals surface area contributed by atoms with Gasteiger partial charge in [-0.15, -0.1) is 11.3 Å². The summed E-state index contributed by atoms with van der Waals surface area (Å²) in [6.45, 7) is 8.35. The Morgan fingerprint density at radius 3 is 2.80 bits per heavy atom. The Kier molecular flexibility index (Phi) is 4.11. The van der Waals surface area contributed by atoms with E-state index in [4.69, 9.17) is 4.52 Å². The summed E-state index contributed by atoms with van der Waals surface area (Å²) < 4.78 is 6.66. The zero-order chi connectivity index (χ0) is 14.2. The van der Waals surface area contributed by atoms with Gasteiger partial charge in [-0.3, -0.25) is 4.90 Å².